The lowest BCUT2D eigenvalue weighted by atomic mass is 10.0. The van der Waals surface area contributed by atoms with E-state index in [2.05, 4.69) is 10.3 Å². The minimum absolute atomic E-state index is 0.265. The van der Waals surface area contributed by atoms with Gasteiger partial charge in [0, 0.05) is 24.9 Å². The molecule has 1 rings (SSSR count). The monoisotopic (exact) mass is 264 g/mol. The van der Waals surface area contributed by atoms with Crippen molar-refractivity contribution >= 4 is 12.4 Å². The molecule has 19 heavy (non-hydrogen) atoms. The van der Waals surface area contributed by atoms with Gasteiger partial charge in [-0.05, 0) is 44.9 Å². The van der Waals surface area contributed by atoms with Gasteiger partial charge in [0.1, 0.15) is 11.9 Å². The molecule has 0 saturated heterocycles. The zero-order valence-electron chi connectivity index (χ0n) is 11.6. The number of nitrogens with zero attached hydrogens (tertiary/aromatic N) is 1. The topological polar surface area (TPSA) is 68.3 Å². The van der Waals surface area contributed by atoms with E-state index in [0.29, 0.717) is 6.42 Å². The number of amides is 1. The minimum Gasteiger partial charge on any atom is -0.444 e. The van der Waals surface area contributed by atoms with Crippen molar-refractivity contribution in [2.75, 3.05) is 6.54 Å². The zero-order valence-corrected chi connectivity index (χ0v) is 11.6. The highest BCUT2D eigenvalue weighted by molar-refractivity contribution is 5.68. The summed E-state index contributed by atoms with van der Waals surface area (Å²) in [6, 6.07) is 3.70. The molecule has 0 radical (unpaired) electrons. The van der Waals surface area contributed by atoms with Crippen LogP contribution in [-0.4, -0.2) is 29.5 Å². The first-order chi connectivity index (χ1) is 8.90. The Morgan fingerprint density at radius 1 is 1.42 bits per heavy atom. The molecular formula is C14H20N2O3. The average Bonchev–Trinajstić information content (AvgIpc) is 2.33. The SMILES string of the molecule is CC(C)(C)OC(=O)NC[C@@H](C=O)Cc1ccncc1. The fourth-order valence-corrected chi connectivity index (χ4v) is 1.52. The highest BCUT2D eigenvalue weighted by atomic mass is 16.6. The number of aromatic nitrogens is 1. The Balaban J connectivity index is 2.41. The summed E-state index contributed by atoms with van der Waals surface area (Å²) in [4.78, 5) is 26.4. The van der Waals surface area contributed by atoms with Gasteiger partial charge in [0.2, 0.25) is 0 Å². The summed E-state index contributed by atoms with van der Waals surface area (Å²) in [5, 5.41) is 2.60. The van der Waals surface area contributed by atoms with Crippen molar-refractivity contribution in [1.82, 2.24) is 10.3 Å². The van der Waals surface area contributed by atoms with Crippen molar-refractivity contribution in [1.29, 1.82) is 0 Å². The van der Waals surface area contributed by atoms with Crippen LogP contribution in [0.2, 0.25) is 0 Å². The molecule has 0 bridgehead atoms. The highest BCUT2D eigenvalue weighted by Crippen LogP contribution is 2.08. The molecule has 0 aliphatic carbocycles. The Morgan fingerprint density at radius 2 is 2.05 bits per heavy atom. The average molecular weight is 264 g/mol. The molecule has 1 N–H and O–H groups in total. The lowest BCUT2D eigenvalue weighted by molar-refractivity contribution is -0.110. The van der Waals surface area contributed by atoms with Gasteiger partial charge in [0.05, 0.1) is 0 Å². The van der Waals surface area contributed by atoms with Crippen LogP contribution in [0, 0.1) is 5.92 Å². The van der Waals surface area contributed by atoms with E-state index in [1.54, 1.807) is 33.2 Å². The third kappa shape index (κ3) is 6.55. The van der Waals surface area contributed by atoms with E-state index in [-0.39, 0.29) is 12.5 Å². The summed E-state index contributed by atoms with van der Waals surface area (Å²) in [6.45, 7) is 5.64. The second kappa shape index (κ2) is 6.87. The van der Waals surface area contributed by atoms with Crippen LogP contribution in [0.15, 0.2) is 24.5 Å². The Morgan fingerprint density at radius 3 is 2.58 bits per heavy atom. The van der Waals surface area contributed by atoms with Crippen molar-refractivity contribution in [2.24, 2.45) is 5.92 Å². The fraction of sp³-hybridized carbons (Fsp3) is 0.500. The van der Waals surface area contributed by atoms with Crippen molar-refractivity contribution in [2.45, 2.75) is 32.8 Å². The van der Waals surface area contributed by atoms with E-state index in [4.69, 9.17) is 4.74 Å². The van der Waals surface area contributed by atoms with Gasteiger partial charge >= 0.3 is 6.09 Å². The smallest absolute Gasteiger partial charge is 0.407 e. The number of aldehydes is 1. The molecule has 1 atom stereocenters. The van der Waals surface area contributed by atoms with E-state index in [9.17, 15) is 9.59 Å². The molecule has 1 aromatic rings. The van der Waals surface area contributed by atoms with Gasteiger partial charge in [-0.3, -0.25) is 4.98 Å². The molecule has 0 fully saturated rings. The quantitative estimate of drug-likeness (QED) is 0.825. The normalized spacial score (nSPS) is 12.6. The number of hydrogen-bond acceptors (Lipinski definition) is 4. The molecule has 1 amide bonds. The third-order valence-corrected chi connectivity index (χ3v) is 2.35. The maximum absolute atomic E-state index is 11.5. The summed E-state index contributed by atoms with van der Waals surface area (Å²) >= 11 is 0. The summed E-state index contributed by atoms with van der Waals surface area (Å²) in [5.74, 6) is -0.269. The van der Waals surface area contributed by atoms with Crippen LogP contribution in [-0.2, 0) is 16.0 Å². The Kier molecular flexibility index (Phi) is 5.48. The number of rotatable bonds is 5. The van der Waals surface area contributed by atoms with Crippen LogP contribution >= 0.6 is 0 Å². The summed E-state index contributed by atoms with van der Waals surface area (Å²) in [5.41, 5.74) is 0.476. The van der Waals surface area contributed by atoms with Gasteiger partial charge in [0.15, 0.2) is 0 Å². The predicted molar refractivity (Wildman–Crippen MR) is 71.7 cm³/mol. The summed E-state index contributed by atoms with van der Waals surface area (Å²) in [7, 11) is 0. The van der Waals surface area contributed by atoms with E-state index in [1.807, 2.05) is 12.1 Å². The number of carbonyl (C=O) groups excluding carboxylic acids is 2. The van der Waals surface area contributed by atoms with Gasteiger partial charge in [0.25, 0.3) is 0 Å². The second-order valence-electron chi connectivity index (χ2n) is 5.34. The van der Waals surface area contributed by atoms with Gasteiger partial charge in [-0.1, -0.05) is 0 Å². The molecule has 0 aromatic carbocycles. The molecule has 0 saturated carbocycles. The zero-order chi connectivity index (χ0) is 14.3. The second-order valence-corrected chi connectivity index (χ2v) is 5.34. The molecule has 104 valence electrons. The van der Waals surface area contributed by atoms with E-state index < -0.39 is 11.7 Å². The maximum atomic E-state index is 11.5. The van der Waals surface area contributed by atoms with Crippen LogP contribution in [0.1, 0.15) is 26.3 Å². The number of carbonyl (C=O) groups is 2. The lowest BCUT2D eigenvalue weighted by Gasteiger charge is -2.20. The Hall–Kier alpha value is -1.91. The van der Waals surface area contributed by atoms with Crippen LogP contribution in [0.4, 0.5) is 4.79 Å². The third-order valence-electron chi connectivity index (χ3n) is 2.35. The highest BCUT2D eigenvalue weighted by Gasteiger charge is 2.17. The largest absolute Gasteiger partial charge is 0.444 e. The van der Waals surface area contributed by atoms with Crippen molar-refractivity contribution in [3.8, 4) is 0 Å². The molecule has 0 spiro atoms. The molecule has 5 nitrogen and oxygen atoms in total. The minimum atomic E-state index is -0.536. The number of hydrogen-bond donors (Lipinski definition) is 1. The van der Waals surface area contributed by atoms with Crippen LogP contribution in [0.25, 0.3) is 0 Å². The van der Waals surface area contributed by atoms with E-state index in [1.165, 1.54) is 0 Å². The van der Waals surface area contributed by atoms with E-state index >= 15 is 0 Å². The summed E-state index contributed by atoms with van der Waals surface area (Å²) in [6.07, 6.45) is 4.27. The number of pyridine rings is 1. The van der Waals surface area contributed by atoms with Crippen molar-refractivity contribution in [3.05, 3.63) is 30.1 Å². The van der Waals surface area contributed by atoms with Crippen LogP contribution < -0.4 is 5.32 Å². The Labute approximate surface area is 113 Å². The first-order valence-corrected chi connectivity index (χ1v) is 6.22. The van der Waals surface area contributed by atoms with Crippen LogP contribution in [0.3, 0.4) is 0 Å². The maximum Gasteiger partial charge on any atom is 0.407 e. The predicted octanol–water partition coefficient (Wildman–Crippen LogP) is 1.96. The standard InChI is InChI=1S/C14H20N2O3/c1-14(2,3)19-13(18)16-9-12(10-17)8-11-4-6-15-7-5-11/h4-7,10,12H,8-9H2,1-3H3,(H,16,18)/t12-/m0/s1. The summed E-state index contributed by atoms with van der Waals surface area (Å²) < 4.78 is 5.11. The molecule has 0 aliphatic heterocycles. The van der Waals surface area contributed by atoms with Gasteiger partial charge < -0.3 is 14.8 Å². The number of alkyl carbamates (subject to hydrolysis) is 1. The molecular weight excluding hydrogens is 244 g/mol. The van der Waals surface area contributed by atoms with Crippen molar-refractivity contribution in [3.63, 3.8) is 0 Å². The lowest BCUT2D eigenvalue weighted by Crippen LogP contribution is -2.36. The molecule has 5 heteroatoms. The van der Waals surface area contributed by atoms with E-state index in [0.717, 1.165) is 11.8 Å². The molecule has 0 unspecified atom stereocenters. The molecule has 1 heterocycles. The fourth-order valence-electron chi connectivity index (χ4n) is 1.52. The van der Waals surface area contributed by atoms with Crippen LogP contribution in [0.5, 0.6) is 0 Å². The van der Waals surface area contributed by atoms with Gasteiger partial charge in [-0.2, -0.15) is 0 Å². The number of nitrogens with one attached hydrogen (secondary N) is 1. The first-order valence-electron chi connectivity index (χ1n) is 6.22. The number of ether oxygens (including phenoxy) is 1. The Bertz CT molecular complexity index is 412. The molecule has 1 aromatic heterocycles. The van der Waals surface area contributed by atoms with Crippen molar-refractivity contribution < 1.29 is 14.3 Å². The molecule has 0 aliphatic rings. The van der Waals surface area contributed by atoms with Gasteiger partial charge in [-0.25, -0.2) is 4.79 Å². The first kappa shape index (κ1) is 15.1. The van der Waals surface area contributed by atoms with Gasteiger partial charge in [-0.15, -0.1) is 0 Å².